The van der Waals surface area contributed by atoms with Gasteiger partial charge in [0, 0.05) is 22.7 Å². The highest BCUT2D eigenvalue weighted by Gasteiger charge is 2.09. The van der Waals surface area contributed by atoms with Crippen molar-refractivity contribution in [2.24, 2.45) is 0 Å². The smallest absolute Gasteiger partial charge is 0.321 e. The van der Waals surface area contributed by atoms with Gasteiger partial charge < -0.3 is 10.1 Å². The highest BCUT2D eigenvalue weighted by atomic mass is 35.5. The number of hydrogen-bond donors (Lipinski definition) is 1. The summed E-state index contributed by atoms with van der Waals surface area (Å²) in [5.41, 5.74) is 0.699. The molecule has 0 bridgehead atoms. The third-order valence-corrected chi connectivity index (χ3v) is 2.58. The number of halogens is 2. The van der Waals surface area contributed by atoms with Gasteiger partial charge in [0.2, 0.25) is 5.95 Å². The van der Waals surface area contributed by atoms with E-state index in [2.05, 4.69) is 20.3 Å². The average Bonchev–Trinajstić information content (AvgIpc) is 2.37. The van der Waals surface area contributed by atoms with Crippen molar-refractivity contribution in [1.29, 1.82) is 0 Å². The zero-order chi connectivity index (χ0) is 13.1. The Hall–Kier alpha value is -1.59. The summed E-state index contributed by atoms with van der Waals surface area (Å²) in [7, 11) is 3.20. The van der Waals surface area contributed by atoms with Crippen LogP contribution in [0, 0.1) is 0 Å². The molecule has 0 radical (unpaired) electrons. The van der Waals surface area contributed by atoms with Crippen LogP contribution in [0.2, 0.25) is 10.0 Å². The average molecular weight is 285 g/mol. The summed E-state index contributed by atoms with van der Waals surface area (Å²) < 4.78 is 5.01. The minimum atomic E-state index is 0.223. The van der Waals surface area contributed by atoms with Crippen LogP contribution in [0.4, 0.5) is 5.95 Å². The second kappa shape index (κ2) is 5.37. The van der Waals surface area contributed by atoms with Crippen LogP contribution in [0.25, 0.3) is 11.4 Å². The monoisotopic (exact) mass is 284 g/mol. The van der Waals surface area contributed by atoms with Gasteiger partial charge in [-0.25, -0.2) is 0 Å². The molecule has 0 amide bonds. The molecule has 0 atom stereocenters. The van der Waals surface area contributed by atoms with Gasteiger partial charge in [-0.3, -0.25) is 0 Å². The van der Waals surface area contributed by atoms with Crippen molar-refractivity contribution in [3.05, 3.63) is 28.2 Å². The molecule has 0 aliphatic carbocycles. The van der Waals surface area contributed by atoms with Crippen molar-refractivity contribution < 1.29 is 4.74 Å². The van der Waals surface area contributed by atoms with E-state index in [9.17, 15) is 0 Å². The van der Waals surface area contributed by atoms with Gasteiger partial charge >= 0.3 is 6.01 Å². The molecule has 0 spiro atoms. The molecule has 1 heterocycles. The maximum absolute atomic E-state index is 5.94. The molecule has 94 valence electrons. The van der Waals surface area contributed by atoms with Crippen molar-refractivity contribution in [1.82, 2.24) is 15.0 Å². The van der Waals surface area contributed by atoms with Crippen LogP contribution in [0.3, 0.4) is 0 Å². The zero-order valence-electron chi connectivity index (χ0n) is 9.74. The first kappa shape index (κ1) is 12.9. The molecule has 2 rings (SSSR count). The van der Waals surface area contributed by atoms with Crippen LogP contribution in [-0.4, -0.2) is 29.1 Å². The van der Waals surface area contributed by atoms with E-state index in [1.807, 2.05) is 0 Å². The topological polar surface area (TPSA) is 59.9 Å². The normalized spacial score (nSPS) is 10.2. The first-order valence-corrected chi connectivity index (χ1v) is 5.82. The highest BCUT2D eigenvalue weighted by molar-refractivity contribution is 6.35. The number of nitrogens with zero attached hydrogens (tertiary/aromatic N) is 3. The molecule has 0 saturated heterocycles. The molecular weight excluding hydrogens is 275 g/mol. The maximum atomic E-state index is 5.94. The minimum Gasteiger partial charge on any atom is -0.467 e. The van der Waals surface area contributed by atoms with Crippen molar-refractivity contribution in [3.8, 4) is 17.4 Å². The van der Waals surface area contributed by atoms with Crippen LogP contribution >= 0.6 is 23.2 Å². The summed E-state index contributed by atoms with van der Waals surface area (Å²) in [5, 5.41) is 3.87. The van der Waals surface area contributed by atoms with Crippen LogP contribution in [0.1, 0.15) is 0 Å². The molecule has 1 aromatic carbocycles. The Labute approximate surface area is 114 Å². The number of hydrogen-bond acceptors (Lipinski definition) is 5. The van der Waals surface area contributed by atoms with Gasteiger partial charge in [0.15, 0.2) is 5.82 Å². The predicted octanol–water partition coefficient (Wildman–Crippen LogP) is 2.90. The Balaban J connectivity index is 2.55. The third-order valence-electron chi connectivity index (χ3n) is 2.14. The molecule has 2 aromatic rings. The molecule has 0 aliphatic rings. The Morgan fingerprint density at radius 1 is 1.06 bits per heavy atom. The minimum absolute atomic E-state index is 0.223. The van der Waals surface area contributed by atoms with Crippen molar-refractivity contribution in [3.63, 3.8) is 0 Å². The van der Waals surface area contributed by atoms with Crippen LogP contribution in [0.15, 0.2) is 18.2 Å². The number of anilines is 1. The molecule has 0 saturated carbocycles. The zero-order valence-corrected chi connectivity index (χ0v) is 11.2. The van der Waals surface area contributed by atoms with Gasteiger partial charge in [0.05, 0.1) is 7.11 Å². The van der Waals surface area contributed by atoms with E-state index in [0.29, 0.717) is 27.4 Å². The lowest BCUT2D eigenvalue weighted by molar-refractivity contribution is 0.379. The summed E-state index contributed by atoms with van der Waals surface area (Å²) >= 11 is 11.9. The van der Waals surface area contributed by atoms with E-state index in [1.54, 1.807) is 25.2 Å². The van der Waals surface area contributed by atoms with E-state index in [1.165, 1.54) is 7.11 Å². The number of ether oxygens (including phenoxy) is 1. The van der Waals surface area contributed by atoms with Gasteiger partial charge in [-0.05, 0) is 18.2 Å². The summed E-state index contributed by atoms with van der Waals surface area (Å²) in [6, 6.07) is 5.31. The van der Waals surface area contributed by atoms with Gasteiger partial charge in [-0.2, -0.15) is 15.0 Å². The van der Waals surface area contributed by atoms with Gasteiger partial charge in [0.1, 0.15) is 0 Å². The van der Waals surface area contributed by atoms with Crippen LogP contribution in [0.5, 0.6) is 6.01 Å². The van der Waals surface area contributed by atoms with Crippen molar-refractivity contribution >= 4 is 29.2 Å². The molecule has 0 fully saturated rings. The summed E-state index contributed by atoms with van der Waals surface area (Å²) in [4.78, 5) is 12.4. The lowest BCUT2D eigenvalue weighted by atomic mass is 10.2. The predicted molar refractivity (Wildman–Crippen MR) is 71.4 cm³/mol. The van der Waals surface area contributed by atoms with Gasteiger partial charge in [0.25, 0.3) is 0 Å². The Bertz CT molecular complexity index is 534. The first-order chi connectivity index (χ1) is 8.62. The standard InChI is InChI=1S/C11H10Cl2N4O/c1-14-10-15-9(16-11(17-10)18-2)6-3-7(12)5-8(13)4-6/h3-5H,1-2H3,(H,14,15,16,17). The Kier molecular flexibility index (Phi) is 3.84. The molecule has 0 aliphatic heterocycles. The number of nitrogens with one attached hydrogen (secondary N) is 1. The molecule has 7 heteroatoms. The highest BCUT2D eigenvalue weighted by Crippen LogP contribution is 2.26. The molecule has 1 N–H and O–H groups in total. The van der Waals surface area contributed by atoms with E-state index in [4.69, 9.17) is 27.9 Å². The van der Waals surface area contributed by atoms with E-state index < -0.39 is 0 Å². The summed E-state index contributed by atoms with van der Waals surface area (Å²) in [5.74, 6) is 0.851. The van der Waals surface area contributed by atoms with Crippen molar-refractivity contribution in [2.45, 2.75) is 0 Å². The number of rotatable bonds is 3. The lowest BCUT2D eigenvalue weighted by Crippen LogP contribution is -2.03. The number of methoxy groups -OCH3 is 1. The van der Waals surface area contributed by atoms with E-state index in [0.717, 1.165) is 0 Å². The second-order valence-electron chi connectivity index (χ2n) is 3.38. The third kappa shape index (κ3) is 2.80. The fourth-order valence-electron chi connectivity index (χ4n) is 1.37. The summed E-state index contributed by atoms with van der Waals surface area (Å²) in [6.45, 7) is 0. The lowest BCUT2D eigenvalue weighted by Gasteiger charge is -2.06. The summed E-state index contributed by atoms with van der Waals surface area (Å²) in [6.07, 6.45) is 0. The maximum Gasteiger partial charge on any atom is 0.321 e. The molecular formula is C11H10Cl2N4O. The van der Waals surface area contributed by atoms with Crippen molar-refractivity contribution in [2.75, 3.05) is 19.5 Å². The Morgan fingerprint density at radius 3 is 2.28 bits per heavy atom. The first-order valence-electron chi connectivity index (χ1n) is 5.06. The quantitative estimate of drug-likeness (QED) is 0.939. The van der Waals surface area contributed by atoms with Gasteiger partial charge in [-0.1, -0.05) is 23.2 Å². The van der Waals surface area contributed by atoms with Crippen LogP contribution in [-0.2, 0) is 0 Å². The molecule has 18 heavy (non-hydrogen) atoms. The van der Waals surface area contributed by atoms with E-state index in [-0.39, 0.29) is 6.01 Å². The molecule has 1 aromatic heterocycles. The largest absolute Gasteiger partial charge is 0.467 e. The molecule has 5 nitrogen and oxygen atoms in total. The second-order valence-corrected chi connectivity index (χ2v) is 4.25. The fraction of sp³-hybridized carbons (Fsp3) is 0.182. The van der Waals surface area contributed by atoms with E-state index >= 15 is 0 Å². The van der Waals surface area contributed by atoms with Gasteiger partial charge in [-0.15, -0.1) is 0 Å². The Morgan fingerprint density at radius 2 is 1.72 bits per heavy atom. The number of aromatic nitrogens is 3. The fourth-order valence-corrected chi connectivity index (χ4v) is 1.90. The van der Waals surface area contributed by atoms with Crippen LogP contribution < -0.4 is 10.1 Å². The SMILES string of the molecule is CNc1nc(OC)nc(-c2cc(Cl)cc(Cl)c2)n1. The number of benzene rings is 1. The molecule has 0 unspecified atom stereocenters.